The number of nitrogens with one attached hydrogen (secondary N) is 2. The third-order valence-electron chi connectivity index (χ3n) is 4.58. The van der Waals surface area contributed by atoms with Crippen LogP contribution < -0.4 is 5.32 Å². The second-order valence-electron chi connectivity index (χ2n) is 6.58. The van der Waals surface area contributed by atoms with Crippen LogP contribution in [-0.2, 0) is 6.42 Å². The predicted octanol–water partition coefficient (Wildman–Crippen LogP) is 4.19. The van der Waals surface area contributed by atoms with Crippen LogP contribution in [0.5, 0.6) is 0 Å². The number of H-pyrrole nitrogens is 1. The Balaban J connectivity index is 1.67. The zero-order chi connectivity index (χ0) is 18.1. The summed E-state index contributed by atoms with van der Waals surface area (Å²) in [5.74, 6) is 0.509. The number of hydrogen-bond donors (Lipinski definition) is 2. The molecule has 2 heterocycles. The quantitative estimate of drug-likeness (QED) is 0.629. The number of aryl methyl sites for hydroxylation is 1. The van der Waals surface area contributed by atoms with E-state index in [9.17, 15) is 4.79 Å². The lowest BCUT2D eigenvalue weighted by Gasteiger charge is -2.05. The number of carbonyl (C=O) groups excluding carboxylic acids is 1. The molecular weight excluding hydrogens is 326 g/mol. The van der Waals surface area contributed by atoms with Crippen LogP contribution in [-0.4, -0.2) is 22.0 Å². The third kappa shape index (κ3) is 3.08. The molecule has 4 rings (SSSR count). The maximum atomic E-state index is 13.2. The largest absolute Gasteiger partial charge is 0.381 e. The van der Waals surface area contributed by atoms with Crippen molar-refractivity contribution in [3.8, 4) is 11.3 Å². The number of aromatic amines is 1. The van der Waals surface area contributed by atoms with Crippen molar-refractivity contribution in [1.82, 2.24) is 15.5 Å². The summed E-state index contributed by atoms with van der Waals surface area (Å²) in [6.45, 7) is 6.01. The topological polar surface area (TPSA) is 70.9 Å². The number of hydrogen-bond acceptors (Lipinski definition) is 4. The fraction of sp³-hybridized carbons (Fsp3) is 0.238. The van der Waals surface area contributed by atoms with E-state index in [1.54, 1.807) is 6.20 Å². The summed E-state index contributed by atoms with van der Waals surface area (Å²) >= 11 is 0. The van der Waals surface area contributed by atoms with Gasteiger partial charge < -0.3 is 14.8 Å². The minimum atomic E-state index is -0.0938. The van der Waals surface area contributed by atoms with Gasteiger partial charge in [0.25, 0.3) is 0 Å². The maximum absolute atomic E-state index is 13.2. The van der Waals surface area contributed by atoms with Gasteiger partial charge >= 0.3 is 0 Å². The molecule has 0 spiro atoms. The van der Waals surface area contributed by atoms with E-state index < -0.39 is 0 Å². The van der Waals surface area contributed by atoms with Crippen LogP contribution >= 0.6 is 0 Å². The minimum Gasteiger partial charge on any atom is -0.381 e. The average Bonchev–Trinajstić information content (AvgIpc) is 3.19. The molecule has 3 aromatic rings. The number of benzene rings is 1. The Kier molecular flexibility index (Phi) is 4.21. The Morgan fingerprint density at radius 1 is 1.35 bits per heavy atom. The van der Waals surface area contributed by atoms with Gasteiger partial charge in [-0.15, -0.1) is 0 Å². The van der Waals surface area contributed by atoms with Gasteiger partial charge in [-0.25, -0.2) is 0 Å². The minimum absolute atomic E-state index is 0.0938. The highest BCUT2D eigenvalue weighted by Gasteiger charge is 2.26. The van der Waals surface area contributed by atoms with Crippen LogP contribution in [0.25, 0.3) is 17.0 Å². The molecule has 1 fully saturated rings. The Hall–Kier alpha value is -3.08. The number of ketones is 1. The summed E-state index contributed by atoms with van der Waals surface area (Å²) in [6.07, 6.45) is 4.67. The van der Waals surface area contributed by atoms with Crippen molar-refractivity contribution in [2.45, 2.75) is 32.2 Å². The lowest BCUT2D eigenvalue weighted by Crippen LogP contribution is -2.13. The third-order valence-corrected chi connectivity index (χ3v) is 4.58. The van der Waals surface area contributed by atoms with Gasteiger partial charge in [-0.05, 0) is 18.9 Å². The van der Waals surface area contributed by atoms with Crippen LogP contribution in [0, 0.1) is 0 Å². The molecule has 5 nitrogen and oxygen atoms in total. The predicted molar refractivity (Wildman–Crippen MR) is 101 cm³/mol. The van der Waals surface area contributed by atoms with E-state index in [4.69, 9.17) is 4.52 Å². The zero-order valence-electron chi connectivity index (χ0n) is 14.7. The van der Waals surface area contributed by atoms with Crippen LogP contribution in [0.15, 0.2) is 53.7 Å². The van der Waals surface area contributed by atoms with Crippen molar-refractivity contribution in [1.29, 1.82) is 0 Å². The summed E-state index contributed by atoms with van der Waals surface area (Å²) in [4.78, 5) is 16.3. The molecule has 26 heavy (non-hydrogen) atoms. The summed E-state index contributed by atoms with van der Waals surface area (Å²) in [6, 6.07) is 12.0. The van der Waals surface area contributed by atoms with Crippen LogP contribution in [0.3, 0.4) is 0 Å². The molecule has 0 amide bonds. The van der Waals surface area contributed by atoms with E-state index in [0.29, 0.717) is 35.0 Å². The van der Waals surface area contributed by atoms with E-state index in [1.165, 1.54) is 12.8 Å². The fourth-order valence-corrected chi connectivity index (χ4v) is 2.99. The van der Waals surface area contributed by atoms with Gasteiger partial charge in [0.2, 0.25) is 0 Å². The lowest BCUT2D eigenvalue weighted by molar-refractivity contribution is 0.103. The molecular formula is C21H21N3O2. The first-order valence-electron chi connectivity index (χ1n) is 8.90. The van der Waals surface area contributed by atoms with Crippen LogP contribution in [0.2, 0.25) is 0 Å². The molecule has 0 radical (unpaired) electrons. The zero-order valence-corrected chi connectivity index (χ0v) is 14.7. The maximum Gasteiger partial charge on any atom is 0.200 e. The molecule has 0 aliphatic heterocycles. The van der Waals surface area contributed by atoms with Crippen molar-refractivity contribution < 1.29 is 9.32 Å². The van der Waals surface area contributed by atoms with Gasteiger partial charge in [-0.1, -0.05) is 49.0 Å². The van der Waals surface area contributed by atoms with Crippen molar-refractivity contribution in [2.75, 3.05) is 0 Å². The number of aromatic nitrogens is 2. The highest BCUT2D eigenvalue weighted by Crippen LogP contribution is 2.29. The molecule has 1 aliphatic carbocycles. The Bertz CT molecular complexity index is 949. The molecule has 1 saturated carbocycles. The van der Waals surface area contributed by atoms with Crippen molar-refractivity contribution >= 4 is 11.5 Å². The lowest BCUT2D eigenvalue weighted by atomic mass is 9.98. The van der Waals surface area contributed by atoms with E-state index >= 15 is 0 Å². The van der Waals surface area contributed by atoms with Gasteiger partial charge in [-0.2, -0.15) is 0 Å². The van der Waals surface area contributed by atoms with Gasteiger partial charge in [-0.3, -0.25) is 4.79 Å². The van der Waals surface area contributed by atoms with Crippen LogP contribution in [0.4, 0.5) is 0 Å². The summed E-state index contributed by atoms with van der Waals surface area (Å²) in [5.41, 5.74) is 4.21. The monoisotopic (exact) mass is 347 g/mol. The molecule has 0 saturated heterocycles. The Morgan fingerprint density at radius 3 is 2.81 bits per heavy atom. The summed E-state index contributed by atoms with van der Waals surface area (Å²) < 4.78 is 5.45. The molecule has 5 heteroatoms. The average molecular weight is 347 g/mol. The van der Waals surface area contributed by atoms with Gasteiger partial charge in [0.1, 0.15) is 11.5 Å². The van der Waals surface area contributed by atoms with Crippen molar-refractivity contribution in [3.05, 3.63) is 71.8 Å². The first-order valence-corrected chi connectivity index (χ1v) is 8.90. The van der Waals surface area contributed by atoms with E-state index in [1.807, 2.05) is 43.3 Å². The van der Waals surface area contributed by atoms with Crippen molar-refractivity contribution in [2.24, 2.45) is 0 Å². The first-order chi connectivity index (χ1) is 12.7. The van der Waals surface area contributed by atoms with E-state index in [2.05, 4.69) is 22.0 Å². The smallest absolute Gasteiger partial charge is 0.200 e. The van der Waals surface area contributed by atoms with E-state index in [-0.39, 0.29) is 5.78 Å². The van der Waals surface area contributed by atoms with Gasteiger partial charge in [0.05, 0.1) is 17.0 Å². The molecule has 132 valence electrons. The molecule has 1 aliphatic rings. The number of nitrogens with zero attached hydrogens (tertiary/aromatic N) is 1. The Morgan fingerprint density at radius 2 is 2.12 bits per heavy atom. The molecule has 2 aromatic heterocycles. The number of carbonyl (C=O) groups is 1. The second-order valence-corrected chi connectivity index (χ2v) is 6.58. The standard InChI is InChI=1S/C21H21N3O2/c1-3-18-19(20(24-26-18)14-7-5-4-6-8-14)21(25)15-11-17(22-12-15)13(2)23-16-9-10-16/h4-8,11-12,16,22-23H,2-3,9-10H2,1H3. The van der Waals surface area contributed by atoms with Gasteiger partial charge in [0, 0.05) is 29.8 Å². The highest BCUT2D eigenvalue weighted by molar-refractivity contribution is 6.13. The second kappa shape index (κ2) is 6.67. The SMILES string of the molecule is C=C(NC1CC1)c1cc(C(=O)c2c(-c3ccccc3)noc2CC)c[nH]1. The summed E-state index contributed by atoms with van der Waals surface area (Å²) in [7, 11) is 0. The first kappa shape index (κ1) is 16.4. The van der Waals surface area contributed by atoms with E-state index in [0.717, 1.165) is 17.0 Å². The molecule has 0 bridgehead atoms. The van der Waals surface area contributed by atoms with Crippen LogP contribution in [0.1, 0.15) is 47.1 Å². The highest BCUT2D eigenvalue weighted by atomic mass is 16.5. The fourth-order valence-electron chi connectivity index (χ4n) is 2.99. The number of rotatable bonds is 7. The summed E-state index contributed by atoms with van der Waals surface area (Å²) in [5, 5.41) is 7.51. The molecule has 0 unspecified atom stereocenters. The molecule has 0 atom stereocenters. The van der Waals surface area contributed by atoms with Gasteiger partial charge in [0.15, 0.2) is 5.78 Å². The normalized spacial score (nSPS) is 13.6. The molecule has 1 aromatic carbocycles. The molecule has 2 N–H and O–H groups in total. The van der Waals surface area contributed by atoms with Crippen molar-refractivity contribution in [3.63, 3.8) is 0 Å². The Labute approximate surface area is 152 Å².